The van der Waals surface area contributed by atoms with Gasteiger partial charge in [-0.25, -0.2) is 4.79 Å². The average molecular weight is 468 g/mol. The van der Waals surface area contributed by atoms with Gasteiger partial charge in [-0.15, -0.1) is 0 Å². The minimum absolute atomic E-state index is 0.315. The van der Waals surface area contributed by atoms with Crippen LogP contribution in [-0.2, 0) is 28.1 Å². The first-order valence-corrected chi connectivity index (χ1v) is 11.5. The molecule has 1 aliphatic heterocycles. The molecule has 0 spiro atoms. The highest BCUT2D eigenvalue weighted by atomic mass is 16.5. The van der Waals surface area contributed by atoms with E-state index in [1.165, 1.54) is 5.56 Å². The van der Waals surface area contributed by atoms with E-state index in [1.54, 1.807) is 32.1 Å². The Morgan fingerprint density at radius 1 is 1.00 bits per heavy atom. The SMILES string of the molecule is CCCc1ccc(C2(C)NC(=O)N(CC(=O)N(CC)Cc3ccc(OC)c(OC)c3)C2=O)cc1. The predicted octanol–water partition coefficient (Wildman–Crippen LogP) is 3.47. The third-order valence-electron chi connectivity index (χ3n) is 6.19. The Kier molecular flexibility index (Phi) is 7.81. The number of nitrogens with one attached hydrogen (secondary N) is 1. The summed E-state index contributed by atoms with van der Waals surface area (Å²) in [6.07, 6.45) is 1.98. The number of aryl methyl sites for hydroxylation is 1. The first-order chi connectivity index (χ1) is 16.3. The monoisotopic (exact) mass is 467 g/mol. The molecule has 2 aromatic carbocycles. The lowest BCUT2D eigenvalue weighted by molar-refractivity contribution is -0.139. The van der Waals surface area contributed by atoms with E-state index in [0.717, 1.165) is 23.3 Å². The van der Waals surface area contributed by atoms with Crippen LogP contribution in [0.1, 0.15) is 43.9 Å². The molecule has 1 fully saturated rings. The van der Waals surface area contributed by atoms with Crippen LogP contribution in [0.25, 0.3) is 0 Å². The lowest BCUT2D eigenvalue weighted by atomic mass is 9.91. The van der Waals surface area contributed by atoms with Crippen molar-refractivity contribution >= 4 is 17.8 Å². The van der Waals surface area contributed by atoms with Gasteiger partial charge in [0.2, 0.25) is 5.91 Å². The van der Waals surface area contributed by atoms with Gasteiger partial charge in [0, 0.05) is 13.1 Å². The van der Waals surface area contributed by atoms with Crippen LogP contribution in [-0.4, -0.2) is 55.0 Å². The van der Waals surface area contributed by atoms with Crippen LogP contribution in [0.15, 0.2) is 42.5 Å². The van der Waals surface area contributed by atoms with Gasteiger partial charge < -0.3 is 19.7 Å². The number of rotatable bonds is 10. The molecule has 34 heavy (non-hydrogen) atoms. The molecule has 0 radical (unpaired) electrons. The zero-order valence-corrected chi connectivity index (χ0v) is 20.5. The molecular formula is C26H33N3O5. The van der Waals surface area contributed by atoms with Gasteiger partial charge in [-0.05, 0) is 49.1 Å². The van der Waals surface area contributed by atoms with Crippen molar-refractivity contribution in [2.45, 2.75) is 45.7 Å². The molecule has 1 aliphatic rings. The average Bonchev–Trinajstić information content (AvgIpc) is 3.06. The van der Waals surface area contributed by atoms with Gasteiger partial charge >= 0.3 is 6.03 Å². The zero-order valence-electron chi connectivity index (χ0n) is 20.5. The fourth-order valence-corrected chi connectivity index (χ4v) is 4.14. The van der Waals surface area contributed by atoms with E-state index in [0.29, 0.717) is 30.2 Å². The van der Waals surface area contributed by atoms with Crippen LogP contribution in [0.3, 0.4) is 0 Å². The maximum absolute atomic E-state index is 13.2. The summed E-state index contributed by atoms with van der Waals surface area (Å²) in [5, 5.41) is 2.77. The van der Waals surface area contributed by atoms with Crippen molar-refractivity contribution in [1.29, 1.82) is 0 Å². The molecule has 182 valence electrons. The predicted molar refractivity (Wildman–Crippen MR) is 129 cm³/mol. The standard InChI is InChI=1S/C26H33N3O5/c1-6-8-18-9-12-20(13-10-18)26(3)24(31)29(25(32)27-26)17-23(30)28(7-2)16-19-11-14-21(33-4)22(15-19)34-5/h9-15H,6-8,16-17H2,1-5H3,(H,27,32). The van der Waals surface area contributed by atoms with Gasteiger partial charge in [-0.2, -0.15) is 0 Å². The van der Waals surface area contributed by atoms with Crippen LogP contribution in [0.2, 0.25) is 0 Å². The van der Waals surface area contributed by atoms with Crippen molar-refractivity contribution in [2.75, 3.05) is 27.3 Å². The normalized spacial score (nSPS) is 17.5. The summed E-state index contributed by atoms with van der Waals surface area (Å²) in [6.45, 7) is 6.05. The number of amides is 4. The largest absolute Gasteiger partial charge is 0.493 e. The van der Waals surface area contributed by atoms with Crippen molar-refractivity contribution in [2.24, 2.45) is 0 Å². The maximum Gasteiger partial charge on any atom is 0.325 e. The Hall–Kier alpha value is -3.55. The van der Waals surface area contributed by atoms with Crippen molar-refractivity contribution in [3.63, 3.8) is 0 Å². The number of urea groups is 1. The highest BCUT2D eigenvalue weighted by molar-refractivity contribution is 6.09. The summed E-state index contributed by atoms with van der Waals surface area (Å²) in [5.41, 5.74) is 1.51. The van der Waals surface area contributed by atoms with E-state index in [1.807, 2.05) is 43.3 Å². The number of ether oxygens (including phenoxy) is 2. The van der Waals surface area contributed by atoms with Gasteiger partial charge in [0.05, 0.1) is 14.2 Å². The number of likely N-dealkylation sites (N-methyl/N-ethyl adjacent to an activating group) is 1. The highest BCUT2D eigenvalue weighted by Crippen LogP contribution is 2.30. The van der Waals surface area contributed by atoms with Gasteiger partial charge in [0.25, 0.3) is 5.91 Å². The highest BCUT2D eigenvalue weighted by Gasteiger charge is 2.49. The molecule has 0 saturated carbocycles. The number of carbonyl (C=O) groups is 3. The zero-order chi connectivity index (χ0) is 24.9. The molecule has 8 nitrogen and oxygen atoms in total. The van der Waals surface area contributed by atoms with Crippen LogP contribution < -0.4 is 14.8 Å². The molecule has 3 rings (SSSR count). The topological polar surface area (TPSA) is 88.2 Å². The van der Waals surface area contributed by atoms with Crippen molar-refractivity contribution in [3.05, 3.63) is 59.2 Å². The summed E-state index contributed by atoms with van der Waals surface area (Å²) in [5.74, 6) is 0.417. The molecule has 1 atom stereocenters. The lowest BCUT2D eigenvalue weighted by Crippen LogP contribution is -2.44. The second kappa shape index (κ2) is 10.6. The van der Waals surface area contributed by atoms with E-state index >= 15 is 0 Å². The Labute approximate surface area is 200 Å². The molecular weight excluding hydrogens is 434 g/mol. The second-order valence-corrected chi connectivity index (χ2v) is 8.49. The van der Waals surface area contributed by atoms with Crippen molar-refractivity contribution < 1.29 is 23.9 Å². The maximum atomic E-state index is 13.2. The Morgan fingerprint density at radius 2 is 1.65 bits per heavy atom. The minimum Gasteiger partial charge on any atom is -0.493 e. The van der Waals surface area contributed by atoms with Gasteiger partial charge in [0.15, 0.2) is 11.5 Å². The number of hydrogen-bond donors (Lipinski definition) is 1. The molecule has 0 bridgehead atoms. The smallest absolute Gasteiger partial charge is 0.325 e. The van der Waals surface area contributed by atoms with E-state index in [9.17, 15) is 14.4 Å². The fourth-order valence-electron chi connectivity index (χ4n) is 4.14. The van der Waals surface area contributed by atoms with E-state index in [2.05, 4.69) is 12.2 Å². The fraction of sp³-hybridized carbons (Fsp3) is 0.423. The number of imide groups is 1. The Balaban J connectivity index is 1.73. The van der Waals surface area contributed by atoms with Crippen molar-refractivity contribution in [1.82, 2.24) is 15.1 Å². The minimum atomic E-state index is -1.21. The van der Waals surface area contributed by atoms with Crippen LogP contribution in [0, 0.1) is 0 Å². The van der Waals surface area contributed by atoms with Gasteiger partial charge in [-0.1, -0.05) is 43.7 Å². The number of hydrogen-bond acceptors (Lipinski definition) is 5. The first kappa shape index (κ1) is 25.1. The molecule has 8 heteroatoms. The Bertz CT molecular complexity index is 1050. The second-order valence-electron chi connectivity index (χ2n) is 8.49. The summed E-state index contributed by atoms with van der Waals surface area (Å²) in [4.78, 5) is 41.6. The number of nitrogens with zero attached hydrogens (tertiary/aromatic N) is 2. The molecule has 1 heterocycles. The summed E-state index contributed by atoms with van der Waals surface area (Å²) in [7, 11) is 3.11. The third-order valence-corrected chi connectivity index (χ3v) is 6.19. The molecule has 1 saturated heterocycles. The Morgan fingerprint density at radius 3 is 2.24 bits per heavy atom. The summed E-state index contributed by atoms with van der Waals surface area (Å²) < 4.78 is 10.6. The van der Waals surface area contributed by atoms with Crippen LogP contribution in [0.5, 0.6) is 11.5 Å². The number of benzene rings is 2. The van der Waals surface area contributed by atoms with Crippen LogP contribution >= 0.6 is 0 Å². The molecule has 0 aromatic heterocycles. The molecule has 1 unspecified atom stereocenters. The molecule has 0 aliphatic carbocycles. The molecule has 4 amide bonds. The number of methoxy groups -OCH3 is 2. The lowest BCUT2D eigenvalue weighted by Gasteiger charge is -2.25. The van der Waals surface area contributed by atoms with E-state index in [4.69, 9.17) is 9.47 Å². The third kappa shape index (κ3) is 5.00. The molecule has 1 N–H and O–H groups in total. The quantitative estimate of drug-likeness (QED) is 0.541. The van der Waals surface area contributed by atoms with Gasteiger partial charge in [0.1, 0.15) is 12.1 Å². The van der Waals surface area contributed by atoms with E-state index < -0.39 is 17.5 Å². The first-order valence-electron chi connectivity index (χ1n) is 11.5. The summed E-state index contributed by atoms with van der Waals surface area (Å²) >= 11 is 0. The van der Waals surface area contributed by atoms with Crippen molar-refractivity contribution in [3.8, 4) is 11.5 Å². The summed E-state index contributed by atoms with van der Waals surface area (Å²) in [6, 6.07) is 12.5. The van der Waals surface area contributed by atoms with E-state index in [-0.39, 0.29) is 12.5 Å². The number of carbonyl (C=O) groups excluding carboxylic acids is 3. The van der Waals surface area contributed by atoms with Gasteiger partial charge in [-0.3, -0.25) is 14.5 Å². The van der Waals surface area contributed by atoms with Crippen LogP contribution in [0.4, 0.5) is 4.79 Å². The molecule has 2 aromatic rings.